The third kappa shape index (κ3) is 5.98. The molecular weight excluding hydrogens is 416 g/mol. The zero-order valence-electron chi connectivity index (χ0n) is 18.0. The quantitative estimate of drug-likeness (QED) is 0.671. The van der Waals surface area contributed by atoms with Gasteiger partial charge in [0.15, 0.2) is 0 Å². The number of rotatable bonds is 8. The summed E-state index contributed by atoms with van der Waals surface area (Å²) in [4.78, 5) is 14.7. The number of sulfonamides is 1. The molecule has 0 saturated carbocycles. The second-order valence-corrected chi connectivity index (χ2v) is 9.32. The van der Waals surface area contributed by atoms with E-state index in [-0.39, 0.29) is 16.4 Å². The summed E-state index contributed by atoms with van der Waals surface area (Å²) in [5, 5.41) is 5.22. The maximum atomic E-state index is 13.0. The Morgan fingerprint density at radius 2 is 1.81 bits per heavy atom. The molecule has 168 valence electrons. The van der Waals surface area contributed by atoms with Gasteiger partial charge in [0.2, 0.25) is 10.0 Å². The van der Waals surface area contributed by atoms with Gasteiger partial charge in [0, 0.05) is 13.1 Å². The largest absolute Gasteiger partial charge is 0.496 e. The van der Waals surface area contributed by atoms with Crippen LogP contribution in [0.2, 0.25) is 0 Å². The number of benzene rings is 2. The molecule has 0 aromatic heterocycles. The summed E-state index contributed by atoms with van der Waals surface area (Å²) in [6.45, 7) is 3.90. The molecule has 1 aliphatic heterocycles. The highest BCUT2D eigenvalue weighted by Crippen LogP contribution is 2.28. The first-order valence-electron chi connectivity index (χ1n) is 10.5. The number of aryl methyl sites for hydroxylation is 1. The maximum Gasteiger partial charge on any atom is 0.257 e. The van der Waals surface area contributed by atoms with Crippen LogP contribution in [0.5, 0.6) is 11.5 Å². The molecule has 0 atom stereocenters. The van der Waals surface area contributed by atoms with Gasteiger partial charge in [-0.15, -0.1) is 0 Å². The van der Waals surface area contributed by atoms with Crippen LogP contribution in [0.4, 0.5) is 0 Å². The lowest BCUT2D eigenvalue weighted by Crippen LogP contribution is -2.38. The Kier molecular flexibility index (Phi) is 7.56. The molecule has 1 saturated heterocycles. The van der Waals surface area contributed by atoms with E-state index in [2.05, 4.69) is 12.1 Å². The number of primary sulfonamides is 1. The molecule has 0 bridgehead atoms. The molecule has 0 radical (unpaired) electrons. The molecule has 0 unspecified atom stereocenters. The van der Waals surface area contributed by atoms with Crippen molar-refractivity contribution < 1.29 is 22.7 Å². The first kappa shape index (κ1) is 23.1. The van der Waals surface area contributed by atoms with Crippen molar-refractivity contribution >= 4 is 15.9 Å². The Balaban J connectivity index is 1.57. The van der Waals surface area contributed by atoms with Crippen molar-refractivity contribution in [2.24, 2.45) is 11.1 Å². The fourth-order valence-corrected chi connectivity index (χ4v) is 4.46. The highest BCUT2D eigenvalue weighted by molar-refractivity contribution is 7.89. The normalized spacial score (nSPS) is 15.0. The van der Waals surface area contributed by atoms with Gasteiger partial charge >= 0.3 is 0 Å². The smallest absolute Gasteiger partial charge is 0.257 e. The molecule has 2 aromatic rings. The minimum atomic E-state index is -3.90. The summed E-state index contributed by atoms with van der Waals surface area (Å²) in [5.41, 5.74) is 1.51. The number of carbonyl (C=O) groups excluding carboxylic acids is 1. The van der Waals surface area contributed by atoms with Gasteiger partial charge in [0.1, 0.15) is 11.5 Å². The molecular formula is C23H30N2O5S. The summed E-state index contributed by atoms with van der Waals surface area (Å²) in [6.07, 6.45) is 3.90. The van der Waals surface area contributed by atoms with Crippen molar-refractivity contribution in [1.29, 1.82) is 0 Å². The highest BCUT2D eigenvalue weighted by atomic mass is 32.2. The minimum Gasteiger partial charge on any atom is -0.496 e. The van der Waals surface area contributed by atoms with Gasteiger partial charge in [-0.3, -0.25) is 4.79 Å². The molecule has 31 heavy (non-hydrogen) atoms. The van der Waals surface area contributed by atoms with E-state index in [1.807, 2.05) is 19.1 Å². The van der Waals surface area contributed by atoms with E-state index >= 15 is 0 Å². The van der Waals surface area contributed by atoms with Gasteiger partial charge in [-0.1, -0.05) is 12.1 Å². The van der Waals surface area contributed by atoms with Gasteiger partial charge in [-0.05, 0) is 74.4 Å². The second-order valence-electron chi connectivity index (χ2n) is 7.76. The third-order valence-electron chi connectivity index (χ3n) is 5.71. The van der Waals surface area contributed by atoms with E-state index < -0.39 is 10.0 Å². The number of hydrogen-bond acceptors (Lipinski definition) is 5. The lowest BCUT2D eigenvalue weighted by atomic mass is 9.90. The molecule has 7 nitrogen and oxygen atoms in total. The first-order valence-corrected chi connectivity index (χ1v) is 12.1. The Labute approximate surface area is 184 Å². The summed E-state index contributed by atoms with van der Waals surface area (Å²) >= 11 is 0. The van der Waals surface area contributed by atoms with E-state index in [9.17, 15) is 13.2 Å². The van der Waals surface area contributed by atoms with Crippen molar-refractivity contribution in [3.63, 3.8) is 0 Å². The monoisotopic (exact) mass is 446 g/mol. The van der Waals surface area contributed by atoms with Gasteiger partial charge in [0.05, 0.1) is 24.2 Å². The van der Waals surface area contributed by atoms with Gasteiger partial charge in [-0.25, -0.2) is 13.6 Å². The Hall–Kier alpha value is -2.58. The number of piperidine rings is 1. The van der Waals surface area contributed by atoms with Crippen molar-refractivity contribution in [3.8, 4) is 11.5 Å². The Morgan fingerprint density at radius 1 is 1.13 bits per heavy atom. The molecule has 0 spiro atoms. The average Bonchev–Trinajstić information content (AvgIpc) is 2.77. The summed E-state index contributed by atoms with van der Waals surface area (Å²) in [6, 6.07) is 12.3. The van der Waals surface area contributed by atoms with E-state index in [1.54, 1.807) is 4.90 Å². The van der Waals surface area contributed by atoms with E-state index in [1.165, 1.54) is 30.9 Å². The summed E-state index contributed by atoms with van der Waals surface area (Å²) in [7, 11) is -2.44. The van der Waals surface area contributed by atoms with Crippen LogP contribution in [0.25, 0.3) is 0 Å². The summed E-state index contributed by atoms with van der Waals surface area (Å²) < 4.78 is 34.1. The Morgan fingerprint density at radius 3 is 2.39 bits per heavy atom. The number of likely N-dealkylation sites (tertiary alicyclic amines) is 1. The summed E-state index contributed by atoms with van der Waals surface area (Å²) in [5.74, 6) is 1.55. The number of carbonyl (C=O) groups is 1. The van der Waals surface area contributed by atoms with Gasteiger partial charge < -0.3 is 14.4 Å². The maximum absolute atomic E-state index is 13.0. The molecule has 0 aliphatic carbocycles. The first-order chi connectivity index (χ1) is 14.8. The van der Waals surface area contributed by atoms with Crippen molar-refractivity contribution in [1.82, 2.24) is 4.90 Å². The molecule has 1 fully saturated rings. The second kappa shape index (κ2) is 10.2. The molecule has 1 amide bonds. The number of methoxy groups -OCH3 is 1. The average molecular weight is 447 g/mol. The zero-order valence-corrected chi connectivity index (χ0v) is 18.9. The number of hydrogen-bond donors (Lipinski definition) is 1. The van der Waals surface area contributed by atoms with Gasteiger partial charge in [-0.2, -0.15) is 0 Å². The van der Waals surface area contributed by atoms with Crippen molar-refractivity contribution in [2.45, 2.75) is 37.5 Å². The van der Waals surface area contributed by atoms with Crippen LogP contribution < -0.4 is 14.6 Å². The topological polar surface area (TPSA) is 98.9 Å². The molecule has 8 heteroatoms. The van der Waals surface area contributed by atoms with Crippen molar-refractivity contribution in [3.05, 3.63) is 53.6 Å². The van der Waals surface area contributed by atoms with Crippen LogP contribution in [0.3, 0.4) is 0 Å². The lowest BCUT2D eigenvalue weighted by Gasteiger charge is -2.32. The third-order valence-corrected chi connectivity index (χ3v) is 6.62. The standard InChI is InChI=1S/C23H30N2O5S/c1-3-30-19-8-6-17(7-9-19)4-5-18-12-14-25(15-13-18)23(26)21-16-20(31(24,27)28)10-11-22(21)29-2/h6-11,16,18H,3-5,12-15H2,1-2H3,(H2,24,27,28). The van der Waals surface area contributed by atoms with Crippen molar-refractivity contribution in [2.75, 3.05) is 26.8 Å². The predicted molar refractivity (Wildman–Crippen MR) is 119 cm³/mol. The molecule has 1 aliphatic rings. The number of ether oxygens (including phenoxy) is 2. The number of nitrogens with two attached hydrogens (primary N) is 1. The molecule has 3 rings (SSSR count). The van der Waals surface area contributed by atoms with Crippen LogP contribution in [0, 0.1) is 5.92 Å². The van der Waals surface area contributed by atoms with Crippen LogP contribution in [-0.2, 0) is 16.4 Å². The minimum absolute atomic E-state index is 0.0955. The predicted octanol–water partition coefficient (Wildman–Crippen LogP) is 3.23. The molecule has 1 heterocycles. The van der Waals surface area contributed by atoms with E-state index in [4.69, 9.17) is 14.6 Å². The van der Waals surface area contributed by atoms with Crippen LogP contribution in [0.1, 0.15) is 42.1 Å². The fraction of sp³-hybridized carbons (Fsp3) is 0.435. The SMILES string of the molecule is CCOc1ccc(CCC2CCN(C(=O)c3cc(S(N)(=O)=O)ccc3OC)CC2)cc1. The van der Waals surface area contributed by atoms with Crippen LogP contribution in [-0.4, -0.2) is 46.0 Å². The van der Waals surface area contributed by atoms with Crippen LogP contribution in [0.15, 0.2) is 47.4 Å². The number of nitrogens with zero attached hydrogens (tertiary/aromatic N) is 1. The highest BCUT2D eigenvalue weighted by Gasteiger charge is 2.26. The molecule has 2 aromatic carbocycles. The lowest BCUT2D eigenvalue weighted by molar-refractivity contribution is 0.0683. The number of amides is 1. The van der Waals surface area contributed by atoms with Gasteiger partial charge in [0.25, 0.3) is 5.91 Å². The Bertz CT molecular complexity index is 997. The van der Waals surface area contributed by atoms with E-state index in [0.29, 0.717) is 31.4 Å². The van der Waals surface area contributed by atoms with E-state index in [0.717, 1.165) is 31.4 Å². The molecule has 2 N–H and O–H groups in total. The fourth-order valence-electron chi connectivity index (χ4n) is 3.92. The zero-order chi connectivity index (χ0) is 22.4. The van der Waals surface area contributed by atoms with Crippen LogP contribution >= 0.6 is 0 Å².